The number of hydrogen-bond donors (Lipinski definition) is 2. The number of nitrogens with zero attached hydrogens (tertiary/aromatic N) is 2. The molecule has 21 heavy (non-hydrogen) atoms. The van der Waals surface area contributed by atoms with E-state index in [2.05, 4.69) is 20.5 Å². The van der Waals surface area contributed by atoms with Crippen molar-refractivity contribution in [2.45, 2.75) is 13.8 Å². The second kappa shape index (κ2) is 5.18. The van der Waals surface area contributed by atoms with E-state index in [0.717, 1.165) is 11.1 Å². The molecule has 0 aliphatic rings. The quantitative estimate of drug-likeness (QED) is 0.761. The Bertz CT molecular complexity index is 821. The number of anilines is 1. The maximum atomic E-state index is 12.4. The van der Waals surface area contributed by atoms with E-state index in [1.807, 2.05) is 25.1 Å². The zero-order chi connectivity index (χ0) is 15.0. The molecule has 1 amide bonds. The zero-order valence-corrected chi connectivity index (χ0v) is 12.3. The molecular weight excluding hydrogens is 288 g/mol. The third-order valence-corrected chi connectivity index (χ3v) is 3.49. The van der Waals surface area contributed by atoms with E-state index in [0.29, 0.717) is 27.5 Å². The number of halogens is 1. The van der Waals surface area contributed by atoms with Gasteiger partial charge in [0.1, 0.15) is 0 Å². The molecule has 0 fully saturated rings. The summed E-state index contributed by atoms with van der Waals surface area (Å²) in [5.41, 5.74) is 3.21. The van der Waals surface area contributed by atoms with E-state index in [-0.39, 0.29) is 5.91 Å². The number of carbonyl (C=O) groups excluding carboxylic acids is 1. The lowest BCUT2D eigenvalue weighted by molar-refractivity contribution is 0.102. The van der Waals surface area contributed by atoms with Crippen LogP contribution in [0.1, 0.15) is 21.7 Å². The highest BCUT2D eigenvalue weighted by Gasteiger charge is 2.16. The molecule has 3 aromatic rings. The van der Waals surface area contributed by atoms with Crippen LogP contribution < -0.4 is 5.32 Å². The molecule has 0 spiro atoms. The summed E-state index contributed by atoms with van der Waals surface area (Å²) in [6.45, 7) is 3.59. The Morgan fingerprint density at radius 3 is 2.86 bits per heavy atom. The fourth-order valence-electron chi connectivity index (χ4n) is 2.32. The lowest BCUT2D eigenvalue weighted by Gasteiger charge is -2.09. The van der Waals surface area contributed by atoms with E-state index in [4.69, 9.17) is 11.6 Å². The highest BCUT2D eigenvalue weighted by Crippen LogP contribution is 2.27. The van der Waals surface area contributed by atoms with Gasteiger partial charge in [-0.1, -0.05) is 17.7 Å². The van der Waals surface area contributed by atoms with Crippen LogP contribution in [0.2, 0.25) is 5.02 Å². The normalized spacial score (nSPS) is 10.8. The van der Waals surface area contributed by atoms with E-state index < -0.39 is 0 Å². The summed E-state index contributed by atoms with van der Waals surface area (Å²) < 4.78 is 0. The first-order valence-electron chi connectivity index (χ1n) is 6.43. The van der Waals surface area contributed by atoms with Crippen LogP contribution in [0.25, 0.3) is 10.9 Å². The molecular formula is C15H13ClN4O. The van der Waals surface area contributed by atoms with Crippen molar-refractivity contribution in [2.24, 2.45) is 0 Å². The molecule has 2 aromatic heterocycles. The molecule has 0 radical (unpaired) electrons. The van der Waals surface area contributed by atoms with Crippen LogP contribution in [-0.2, 0) is 0 Å². The van der Waals surface area contributed by atoms with Gasteiger partial charge in [-0.15, -0.1) is 0 Å². The van der Waals surface area contributed by atoms with E-state index in [1.165, 1.54) is 0 Å². The van der Waals surface area contributed by atoms with Gasteiger partial charge in [-0.05, 0) is 32.0 Å². The van der Waals surface area contributed by atoms with Crippen molar-refractivity contribution in [1.29, 1.82) is 0 Å². The first kappa shape index (κ1) is 13.6. The Hall–Kier alpha value is -2.40. The van der Waals surface area contributed by atoms with Crippen molar-refractivity contribution in [3.63, 3.8) is 0 Å². The third kappa shape index (κ3) is 2.48. The number of aromatic nitrogens is 3. The van der Waals surface area contributed by atoms with Gasteiger partial charge in [-0.2, -0.15) is 5.10 Å². The molecule has 0 saturated carbocycles. The van der Waals surface area contributed by atoms with Crippen molar-refractivity contribution in [3.8, 4) is 0 Å². The van der Waals surface area contributed by atoms with Crippen LogP contribution in [-0.4, -0.2) is 21.1 Å². The lowest BCUT2D eigenvalue weighted by Crippen LogP contribution is -2.14. The minimum absolute atomic E-state index is 0.229. The molecule has 0 aliphatic heterocycles. The molecule has 0 atom stereocenters. The van der Waals surface area contributed by atoms with Gasteiger partial charge in [0.25, 0.3) is 5.91 Å². The number of pyridine rings is 1. The van der Waals surface area contributed by atoms with Crippen LogP contribution >= 0.6 is 11.6 Å². The monoisotopic (exact) mass is 300 g/mol. The summed E-state index contributed by atoms with van der Waals surface area (Å²) in [5.74, 6) is -0.229. The fourth-order valence-corrected chi connectivity index (χ4v) is 2.55. The summed E-state index contributed by atoms with van der Waals surface area (Å²) in [6, 6.07) is 7.24. The van der Waals surface area contributed by atoms with E-state index >= 15 is 0 Å². The largest absolute Gasteiger partial charge is 0.320 e. The topological polar surface area (TPSA) is 70.7 Å². The predicted octanol–water partition coefficient (Wildman–Crippen LogP) is 3.48. The molecule has 0 saturated heterocycles. The molecule has 0 bridgehead atoms. The summed E-state index contributed by atoms with van der Waals surface area (Å²) in [4.78, 5) is 16.7. The van der Waals surface area contributed by atoms with Gasteiger partial charge in [0.05, 0.1) is 22.5 Å². The lowest BCUT2D eigenvalue weighted by atomic mass is 10.1. The highest BCUT2D eigenvalue weighted by atomic mass is 35.5. The average molecular weight is 301 g/mol. The van der Waals surface area contributed by atoms with Crippen LogP contribution in [0.4, 0.5) is 5.69 Å². The second-order valence-corrected chi connectivity index (χ2v) is 5.23. The first-order chi connectivity index (χ1) is 10.1. The van der Waals surface area contributed by atoms with Crippen LogP contribution in [0.15, 0.2) is 30.5 Å². The Labute approximate surface area is 126 Å². The molecule has 5 nitrogen and oxygen atoms in total. The number of benzene rings is 1. The van der Waals surface area contributed by atoms with Gasteiger partial charge < -0.3 is 5.32 Å². The van der Waals surface area contributed by atoms with E-state index in [9.17, 15) is 4.79 Å². The number of hydrogen-bond acceptors (Lipinski definition) is 3. The van der Waals surface area contributed by atoms with Gasteiger partial charge in [-0.25, -0.2) is 0 Å². The van der Waals surface area contributed by atoms with Crippen LogP contribution in [0.5, 0.6) is 0 Å². The summed E-state index contributed by atoms with van der Waals surface area (Å²) in [7, 11) is 0. The summed E-state index contributed by atoms with van der Waals surface area (Å²) in [5, 5.41) is 11.1. The maximum Gasteiger partial charge on any atom is 0.259 e. The van der Waals surface area contributed by atoms with Crippen molar-refractivity contribution in [1.82, 2.24) is 15.2 Å². The Kier molecular flexibility index (Phi) is 3.35. The van der Waals surface area contributed by atoms with E-state index in [1.54, 1.807) is 19.2 Å². The Morgan fingerprint density at radius 2 is 2.14 bits per heavy atom. The molecule has 1 aromatic carbocycles. The number of carbonyl (C=O) groups is 1. The van der Waals surface area contributed by atoms with Gasteiger partial charge in [0.2, 0.25) is 0 Å². The molecule has 6 heteroatoms. The predicted molar refractivity (Wildman–Crippen MR) is 82.8 cm³/mol. The summed E-state index contributed by atoms with van der Waals surface area (Å²) in [6.07, 6.45) is 1.68. The first-order valence-corrected chi connectivity index (χ1v) is 6.81. The maximum absolute atomic E-state index is 12.4. The smallest absolute Gasteiger partial charge is 0.259 e. The molecule has 0 unspecified atom stereocenters. The number of aromatic amines is 1. The van der Waals surface area contributed by atoms with Gasteiger partial charge in [-0.3, -0.25) is 14.9 Å². The number of fused-ring (bicyclic) bond motifs is 1. The van der Waals surface area contributed by atoms with Crippen molar-refractivity contribution in [2.75, 3.05) is 5.32 Å². The molecule has 2 N–H and O–H groups in total. The van der Waals surface area contributed by atoms with Gasteiger partial charge in [0, 0.05) is 22.3 Å². The minimum atomic E-state index is -0.229. The molecule has 2 heterocycles. The number of rotatable bonds is 2. The zero-order valence-electron chi connectivity index (χ0n) is 11.6. The third-order valence-electron chi connectivity index (χ3n) is 3.27. The molecule has 3 rings (SSSR count). The van der Waals surface area contributed by atoms with Crippen molar-refractivity contribution in [3.05, 3.63) is 52.4 Å². The second-order valence-electron chi connectivity index (χ2n) is 4.79. The SMILES string of the molecule is Cc1n[nH]c(C)c1C(=O)Nc1cc(Cl)cc2cccnc12. The minimum Gasteiger partial charge on any atom is -0.320 e. The summed E-state index contributed by atoms with van der Waals surface area (Å²) >= 11 is 6.10. The number of amides is 1. The van der Waals surface area contributed by atoms with Crippen LogP contribution in [0, 0.1) is 13.8 Å². The Morgan fingerprint density at radius 1 is 1.33 bits per heavy atom. The average Bonchev–Trinajstić information content (AvgIpc) is 2.78. The number of aryl methyl sites for hydroxylation is 2. The fraction of sp³-hybridized carbons (Fsp3) is 0.133. The number of nitrogens with one attached hydrogen (secondary N) is 2. The standard InChI is InChI=1S/C15H13ClN4O/c1-8-13(9(2)20-19-8)15(21)18-12-7-11(16)6-10-4-3-5-17-14(10)12/h3-7H,1-2H3,(H,18,21)(H,19,20). The molecule has 106 valence electrons. The van der Waals surface area contributed by atoms with Crippen molar-refractivity contribution < 1.29 is 4.79 Å². The van der Waals surface area contributed by atoms with Crippen LogP contribution in [0.3, 0.4) is 0 Å². The van der Waals surface area contributed by atoms with Gasteiger partial charge >= 0.3 is 0 Å². The molecule has 0 aliphatic carbocycles. The number of H-pyrrole nitrogens is 1. The van der Waals surface area contributed by atoms with Gasteiger partial charge in [0.15, 0.2) is 0 Å². The highest BCUT2D eigenvalue weighted by molar-refractivity contribution is 6.32. The Balaban J connectivity index is 2.04. The van der Waals surface area contributed by atoms with Crippen molar-refractivity contribution >= 4 is 34.1 Å².